The van der Waals surface area contributed by atoms with Gasteiger partial charge in [0.25, 0.3) is 5.91 Å². The van der Waals surface area contributed by atoms with Gasteiger partial charge in [0.15, 0.2) is 17.6 Å². The summed E-state index contributed by atoms with van der Waals surface area (Å²) < 4.78 is 17.2. The van der Waals surface area contributed by atoms with Crippen LogP contribution >= 0.6 is 43.2 Å². The van der Waals surface area contributed by atoms with Gasteiger partial charge in [0.2, 0.25) is 6.79 Å². The number of halogens is 2. The number of carbonyl (C=O) groups is 2. The molecule has 1 unspecified atom stereocenters. The molecule has 126 valence electrons. The third-order valence-electron chi connectivity index (χ3n) is 3.14. The van der Waals surface area contributed by atoms with Gasteiger partial charge >= 0.3 is 5.97 Å². The van der Waals surface area contributed by atoms with Crippen molar-refractivity contribution < 1.29 is 23.8 Å². The molecule has 0 bridgehead atoms. The molecule has 0 saturated heterocycles. The molecule has 0 aliphatic carbocycles. The minimum atomic E-state index is -0.942. The van der Waals surface area contributed by atoms with E-state index in [1.807, 2.05) is 0 Å². The highest BCUT2D eigenvalue weighted by atomic mass is 79.9. The van der Waals surface area contributed by atoms with Crippen LogP contribution < -0.4 is 14.8 Å². The maximum atomic E-state index is 12.2. The number of rotatable bonds is 4. The molecular formula is C15H11Br2NO5S. The summed E-state index contributed by atoms with van der Waals surface area (Å²) in [5.41, 5.74) is 0.536. The van der Waals surface area contributed by atoms with Crippen LogP contribution in [-0.2, 0) is 9.53 Å². The van der Waals surface area contributed by atoms with Crippen LogP contribution in [0.25, 0.3) is 0 Å². The van der Waals surface area contributed by atoms with E-state index in [9.17, 15) is 9.59 Å². The third-order valence-corrected chi connectivity index (χ3v) is 6.38. The van der Waals surface area contributed by atoms with Crippen molar-refractivity contribution in [1.29, 1.82) is 0 Å². The Labute approximate surface area is 158 Å². The SMILES string of the molecule is CC(OC(=O)c1cc(Br)c(Br)s1)C(=O)Nc1ccc2c(c1)OCO2. The summed E-state index contributed by atoms with van der Waals surface area (Å²) in [5, 5.41) is 2.68. The van der Waals surface area contributed by atoms with Crippen LogP contribution in [0.5, 0.6) is 11.5 Å². The summed E-state index contributed by atoms with van der Waals surface area (Å²) in [6, 6.07) is 6.69. The van der Waals surface area contributed by atoms with Crippen molar-refractivity contribution in [3.8, 4) is 11.5 Å². The molecule has 1 aliphatic heterocycles. The van der Waals surface area contributed by atoms with E-state index in [1.54, 1.807) is 24.3 Å². The Kier molecular flexibility index (Phi) is 5.12. The van der Waals surface area contributed by atoms with Gasteiger partial charge in [0, 0.05) is 16.2 Å². The molecule has 3 rings (SSSR count). The van der Waals surface area contributed by atoms with Crippen molar-refractivity contribution in [3.05, 3.63) is 37.4 Å². The maximum Gasteiger partial charge on any atom is 0.349 e. The summed E-state index contributed by atoms with van der Waals surface area (Å²) in [6.07, 6.45) is -0.942. The van der Waals surface area contributed by atoms with Crippen LogP contribution in [0.3, 0.4) is 0 Å². The summed E-state index contributed by atoms with van der Waals surface area (Å²) in [7, 11) is 0. The molecule has 2 aromatic rings. The molecule has 0 radical (unpaired) electrons. The van der Waals surface area contributed by atoms with Gasteiger partial charge in [0.1, 0.15) is 4.88 Å². The first-order valence-corrected chi connectivity index (χ1v) is 9.20. The van der Waals surface area contributed by atoms with E-state index >= 15 is 0 Å². The summed E-state index contributed by atoms with van der Waals surface area (Å²) in [4.78, 5) is 24.6. The Bertz CT molecular complexity index is 788. The van der Waals surface area contributed by atoms with Crippen LogP contribution in [0.1, 0.15) is 16.6 Å². The molecule has 6 nitrogen and oxygen atoms in total. The van der Waals surface area contributed by atoms with Gasteiger partial charge in [-0.2, -0.15) is 0 Å². The first kappa shape index (κ1) is 17.2. The Morgan fingerprint density at radius 3 is 2.71 bits per heavy atom. The fourth-order valence-electron chi connectivity index (χ4n) is 1.94. The Morgan fingerprint density at radius 2 is 2.00 bits per heavy atom. The van der Waals surface area contributed by atoms with Gasteiger partial charge in [-0.05, 0) is 57.0 Å². The highest BCUT2D eigenvalue weighted by Gasteiger charge is 2.22. The largest absolute Gasteiger partial charge is 0.454 e. The fourth-order valence-corrected chi connectivity index (χ4v) is 3.86. The average molecular weight is 477 g/mol. The number of nitrogens with one attached hydrogen (secondary N) is 1. The van der Waals surface area contributed by atoms with Crippen LogP contribution in [0.15, 0.2) is 32.5 Å². The van der Waals surface area contributed by atoms with Gasteiger partial charge in [-0.15, -0.1) is 11.3 Å². The van der Waals surface area contributed by atoms with Crippen molar-refractivity contribution in [2.75, 3.05) is 12.1 Å². The second-order valence-electron chi connectivity index (χ2n) is 4.84. The van der Waals surface area contributed by atoms with Gasteiger partial charge in [-0.25, -0.2) is 4.79 Å². The number of hydrogen-bond acceptors (Lipinski definition) is 6. The third kappa shape index (κ3) is 3.73. The van der Waals surface area contributed by atoms with Crippen LogP contribution in [0.2, 0.25) is 0 Å². The fraction of sp³-hybridized carbons (Fsp3) is 0.200. The van der Waals surface area contributed by atoms with Crippen molar-refractivity contribution in [2.45, 2.75) is 13.0 Å². The van der Waals surface area contributed by atoms with Crippen LogP contribution in [0, 0.1) is 0 Å². The second-order valence-corrected chi connectivity index (χ2v) is 8.06. The standard InChI is InChI=1S/C15H11Br2NO5S/c1-7(23-15(20)12-5-9(16)13(17)24-12)14(19)18-8-2-3-10-11(4-8)22-6-21-10/h2-5,7H,6H2,1H3,(H,18,19). The van der Waals surface area contributed by atoms with Crippen LogP contribution in [-0.4, -0.2) is 24.8 Å². The molecule has 1 amide bonds. The normalized spacial score (nSPS) is 13.5. The number of carbonyl (C=O) groups excluding carboxylic acids is 2. The van der Waals surface area contributed by atoms with E-state index in [0.29, 0.717) is 22.1 Å². The smallest absolute Gasteiger partial charge is 0.349 e. The summed E-state index contributed by atoms with van der Waals surface area (Å²) >= 11 is 7.84. The number of esters is 1. The summed E-state index contributed by atoms with van der Waals surface area (Å²) in [6.45, 7) is 1.67. The van der Waals surface area contributed by atoms with E-state index in [4.69, 9.17) is 14.2 Å². The molecule has 1 N–H and O–H groups in total. The maximum absolute atomic E-state index is 12.2. The van der Waals surface area contributed by atoms with Crippen molar-refractivity contribution in [1.82, 2.24) is 0 Å². The van der Waals surface area contributed by atoms with Gasteiger partial charge < -0.3 is 19.5 Å². The Hall–Kier alpha value is -1.58. The topological polar surface area (TPSA) is 73.9 Å². The first-order valence-electron chi connectivity index (χ1n) is 6.80. The van der Waals surface area contributed by atoms with Crippen LogP contribution in [0.4, 0.5) is 5.69 Å². The average Bonchev–Trinajstić information content (AvgIpc) is 3.13. The van der Waals surface area contributed by atoms with E-state index < -0.39 is 18.0 Å². The van der Waals surface area contributed by atoms with Gasteiger partial charge in [-0.1, -0.05) is 0 Å². The molecule has 9 heteroatoms. The van der Waals surface area contributed by atoms with Gasteiger partial charge in [0.05, 0.1) is 3.79 Å². The lowest BCUT2D eigenvalue weighted by Crippen LogP contribution is -2.29. The molecule has 0 saturated carbocycles. The van der Waals surface area contributed by atoms with E-state index in [0.717, 1.165) is 8.26 Å². The van der Waals surface area contributed by atoms with E-state index in [2.05, 4.69) is 37.2 Å². The first-order chi connectivity index (χ1) is 11.4. The molecule has 1 aromatic heterocycles. The molecular weight excluding hydrogens is 466 g/mol. The molecule has 0 spiro atoms. The van der Waals surface area contributed by atoms with Gasteiger partial charge in [-0.3, -0.25) is 4.79 Å². The molecule has 24 heavy (non-hydrogen) atoms. The van der Waals surface area contributed by atoms with Crippen molar-refractivity contribution in [3.63, 3.8) is 0 Å². The van der Waals surface area contributed by atoms with Crippen molar-refractivity contribution in [2.24, 2.45) is 0 Å². The number of amides is 1. The Balaban J connectivity index is 1.61. The molecule has 1 atom stereocenters. The number of thiophene rings is 1. The molecule has 1 aromatic carbocycles. The number of fused-ring (bicyclic) bond motifs is 1. The van der Waals surface area contributed by atoms with Crippen molar-refractivity contribution >= 4 is 60.8 Å². The molecule has 1 aliphatic rings. The number of benzene rings is 1. The summed E-state index contributed by atoms with van der Waals surface area (Å²) in [5.74, 6) is 0.198. The molecule has 2 heterocycles. The highest BCUT2D eigenvalue weighted by Crippen LogP contribution is 2.34. The number of ether oxygens (including phenoxy) is 3. The predicted molar refractivity (Wildman–Crippen MR) is 95.8 cm³/mol. The number of anilines is 1. The zero-order chi connectivity index (χ0) is 17.3. The second kappa shape index (κ2) is 7.12. The lowest BCUT2D eigenvalue weighted by molar-refractivity contribution is -0.123. The zero-order valence-corrected chi connectivity index (χ0v) is 16.3. The van der Waals surface area contributed by atoms with E-state index in [-0.39, 0.29) is 6.79 Å². The monoisotopic (exact) mass is 475 g/mol. The molecule has 0 fully saturated rings. The predicted octanol–water partition coefficient (Wildman–Crippen LogP) is 4.19. The minimum absolute atomic E-state index is 0.159. The van der Waals surface area contributed by atoms with E-state index in [1.165, 1.54) is 18.3 Å². The number of hydrogen-bond donors (Lipinski definition) is 1. The lowest BCUT2D eigenvalue weighted by atomic mass is 10.2. The minimum Gasteiger partial charge on any atom is -0.454 e. The quantitative estimate of drug-likeness (QED) is 0.670. The zero-order valence-electron chi connectivity index (χ0n) is 12.3. The Morgan fingerprint density at radius 1 is 1.25 bits per heavy atom. The highest BCUT2D eigenvalue weighted by molar-refractivity contribution is 9.13. The lowest BCUT2D eigenvalue weighted by Gasteiger charge is -2.13.